The standard InChI is InChI=1S/C20H20FN3O/c1-3-14(2)22-20(25)19-13-18(15-9-11-16(21)12-10-15)23-24(19)17-7-5-4-6-8-17/h4-14H,3H2,1-2H3,(H,22,25)/t14-/m0/s1. The maximum Gasteiger partial charge on any atom is 0.270 e. The Hall–Kier alpha value is -2.95. The van der Waals surface area contributed by atoms with Gasteiger partial charge in [-0.05, 0) is 55.8 Å². The second-order valence-electron chi connectivity index (χ2n) is 5.95. The first-order chi connectivity index (χ1) is 12.1. The quantitative estimate of drug-likeness (QED) is 0.758. The van der Waals surface area contributed by atoms with E-state index in [2.05, 4.69) is 10.4 Å². The van der Waals surface area contributed by atoms with Crippen LogP contribution in [0.5, 0.6) is 0 Å². The summed E-state index contributed by atoms with van der Waals surface area (Å²) in [5, 5.41) is 7.54. The van der Waals surface area contributed by atoms with Crippen molar-refractivity contribution in [2.24, 2.45) is 0 Å². The molecule has 0 saturated heterocycles. The van der Waals surface area contributed by atoms with Gasteiger partial charge in [-0.15, -0.1) is 0 Å². The van der Waals surface area contributed by atoms with Gasteiger partial charge in [0.2, 0.25) is 0 Å². The fraction of sp³-hybridized carbons (Fsp3) is 0.200. The topological polar surface area (TPSA) is 46.9 Å². The summed E-state index contributed by atoms with van der Waals surface area (Å²) in [6.07, 6.45) is 0.843. The lowest BCUT2D eigenvalue weighted by Gasteiger charge is -2.12. The molecule has 128 valence electrons. The Morgan fingerprint density at radius 1 is 1.16 bits per heavy atom. The number of benzene rings is 2. The molecule has 0 saturated carbocycles. The zero-order chi connectivity index (χ0) is 17.8. The molecule has 3 aromatic rings. The Bertz CT molecular complexity index is 856. The molecular weight excluding hydrogens is 317 g/mol. The van der Waals surface area contributed by atoms with Crippen molar-refractivity contribution in [1.82, 2.24) is 15.1 Å². The number of para-hydroxylation sites is 1. The highest BCUT2D eigenvalue weighted by atomic mass is 19.1. The molecule has 25 heavy (non-hydrogen) atoms. The molecule has 0 fully saturated rings. The lowest BCUT2D eigenvalue weighted by molar-refractivity contribution is 0.0931. The Labute approximate surface area is 146 Å². The van der Waals surface area contributed by atoms with Gasteiger partial charge in [-0.2, -0.15) is 5.10 Å². The number of rotatable bonds is 5. The zero-order valence-corrected chi connectivity index (χ0v) is 14.2. The second kappa shape index (κ2) is 7.30. The summed E-state index contributed by atoms with van der Waals surface area (Å²) < 4.78 is 14.8. The number of carbonyl (C=O) groups is 1. The first kappa shape index (κ1) is 16.9. The number of aromatic nitrogens is 2. The van der Waals surface area contributed by atoms with Crippen LogP contribution in [-0.2, 0) is 0 Å². The normalized spacial score (nSPS) is 12.0. The van der Waals surface area contributed by atoms with Gasteiger partial charge < -0.3 is 5.32 Å². The van der Waals surface area contributed by atoms with Crippen LogP contribution in [0.25, 0.3) is 16.9 Å². The lowest BCUT2D eigenvalue weighted by atomic mass is 10.1. The van der Waals surface area contributed by atoms with Crippen molar-refractivity contribution < 1.29 is 9.18 Å². The predicted octanol–water partition coefficient (Wildman–Crippen LogP) is 4.21. The number of hydrogen-bond donors (Lipinski definition) is 1. The highest BCUT2D eigenvalue weighted by molar-refractivity contribution is 5.94. The van der Waals surface area contributed by atoms with Crippen LogP contribution in [0.3, 0.4) is 0 Å². The summed E-state index contributed by atoms with van der Waals surface area (Å²) in [6, 6.07) is 17.4. The van der Waals surface area contributed by atoms with E-state index >= 15 is 0 Å². The van der Waals surface area contributed by atoms with Gasteiger partial charge in [0.25, 0.3) is 5.91 Å². The van der Waals surface area contributed by atoms with E-state index in [9.17, 15) is 9.18 Å². The van der Waals surface area contributed by atoms with Crippen LogP contribution < -0.4 is 5.32 Å². The summed E-state index contributed by atoms with van der Waals surface area (Å²) in [5.74, 6) is -0.486. The second-order valence-corrected chi connectivity index (χ2v) is 5.95. The van der Waals surface area contributed by atoms with Gasteiger partial charge in [-0.1, -0.05) is 25.1 Å². The SMILES string of the molecule is CC[C@H](C)NC(=O)c1cc(-c2ccc(F)cc2)nn1-c1ccccc1. The molecule has 4 nitrogen and oxygen atoms in total. The van der Waals surface area contributed by atoms with Crippen molar-refractivity contribution >= 4 is 5.91 Å². The molecule has 0 radical (unpaired) electrons. The van der Waals surface area contributed by atoms with Gasteiger partial charge in [0.05, 0.1) is 11.4 Å². The van der Waals surface area contributed by atoms with E-state index in [1.165, 1.54) is 12.1 Å². The van der Waals surface area contributed by atoms with Gasteiger partial charge in [0.15, 0.2) is 0 Å². The monoisotopic (exact) mass is 337 g/mol. The third-order valence-corrected chi connectivity index (χ3v) is 4.07. The molecular formula is C20H20FN3O. The Morgan fingerprint density at radius 2 is 1.84 bits per heavy atom. The maximum absolute atomic E-state index is 13.2. The number of amides is 1. The van der Waals surface area contributed by atoms with E-state index < -0.39 is 0 Å². The number of hydrogen-bond acceptors (Lipinski definition) is 2. The van der Waals surface area contributed by atoms with Gasteiger partial charge in [0.1, 0.15) is 11.5 Å². The molecule has 2 aromatic carbocycles. The molecule has 3 rings (SSSR count). The minimum Gasteiger partial charge on any atom is -0.348 e. The van der Waals surface area contributed by atoms with Crippen LogP contribution in [0.2, 0.25) is 0 Å². The first-order valence-corrected chi connectivity index (χ1v) is 8.30. The van der Waals surface area contributed by atoms with Crippen molar-refractivity contribution in [3.05, 3.63) is 72.2 Å². The summed E-state index contributed by atoms with van der Waals surface area (Å²) in [5.41, 5.74) is 2.63. The lowest BCUT2D eigenvalue weighted by Crippen LogP contribution is -2.33. The highest BCUT2D eigenvalue weighted by Crippen LogP contribution is 2.22. The number of nitrogens with one attached hydrogen (secondary N) is 1. The summed E-state index contributed by atoms with van der Waals surface area (Å²) >= 11 is 0. The van der Waals surface area contributed by atoms with Crippen molar-refractivity contribution in [3.63, 3.8) is 0 Å². The first-order valence-electron chi connectivity index (χ1n) is 8.30. The summed E-state index contributed by atoms with van der Waals surface area (Å²) in [4.78, 5) is 12.7. The average molecular weight is 337 g/mol. The molecule has 0 aliphatic rings. The molecule has 0 unspecified atom stereocenters. The molecule has 0 spiro atoms. The minimum absolute atomic E-state index is 0.0703. The van der Waals surface area contributed by atoms with Gasteiger partial charge in [0, 0.05) is 11.6 Å². The van der Waals surface area contributed by atoms with E-state index in [-0.39, 0.29) is 17.8 Å². The molecule has 1 heterocycles. The Morgan fingerprint density at radius 3 is 2.48 bits per heavy atom. The molecule has 1 atom stereocenters. The molecule has 0 bridgehead atoms. The highest BCUT2D eigenvalue weighted by Gasteiger charge is 2.18. The predicted molar refractivity (Wildman–Crippen MR) is 96.2 cm³/mol. The Balaban J connectivity index is 2.05. The van der Waals surface area contributed by atoms with Crippen molar-refractivity contribution in [2.75, 3.05) is 0 Å². The summed E-state index contributed by atoms with van der Waals surface area (Å²) in [7, 11) is 0. The fourth-order valence-corrected chi connectivity index (χ4v) is 2.47. The van der Waals surface area contributed by atoms with Crippen LogP contribution >= 0.6 is 0 Å². The average Bonchev–Trinajstić information content (AvgIpc) is 3.08. The van der Waals surface area contributed by atoms with Crippen molar-refractivity contribution in [3.8, 4) is 16.9 Å². The maximum atomic E-state index is 13.2. The van der Waals surface area contributed by atoms with Crippen LogP contribution in [0.15, 0.2) is 60.7 Å². The largest absolute Gasteiger partial charge is 0.348 e. The number of carbonyl (C=O) groups excluding carboxylic acids is 1. The van der Waals surface area contributed by atoms with Crippen LogP contribution in [0, 0.1) is 5.82 Å². The zero-order valence-electron chi connectivity index (χ0n) is 14.2. The van der Waals surface area contributed by atoms with Crippen LogP contribution in [-0.4, -0.2) is 21.7 Å². The minimum atomic E-state index is -0.305. The van der Waals surface area contributed by atoms with Crippen LogP contribution in [0.4, 0.5) is 4.39 Å². The number of nitrogens with zero attached hydrogens (tertiary/aromatic N) is 2. The van der Waals surface area contributed by atoms with E-state index in [0.29, 0.717) is 11.4 Å². The molecule has 0 aliphatic heterocycles. The molecule has 1 N–H and O–H groups in total. The third kappa shape index (κ3) is 3.76. The molecule has 1 amide bonds. The number of halogens is 1. The van der Waals surface area contributed by atoms with Gasteiger partial charge in [-0.25, -0.2) is 9.07 Å². The molecule has 0 aliphatic carbocycles. The van der Waals surface area contributed by atoms with E-state index in [1.54, 1.807) is 22.9 Å². The van der Waals surface area contributed by atoms with Crippen molar-refractivity contribution in [1.29, 1.82) is 0 Å². The smallest absolute Gasteiger partial charge is 0.270 e. The molecule has 5 heteroatoms. The van der Waals surface area contributed by atoms with E-state index in [0.717, 1.165) is 17.7 Å². The van der Waals surface area contributed by atoms with Gasteiger partial charge in [-0.3, -0.25) is 4.79 Å². The summed E-state index contributed by atoms with van der Waals surface area (Å²) in [6.45, 7) is 3.98. The van der Waals surface area contributed by atoms with Crippen molar-refractivity contribution in [2.45, 2.75) is 26.3 Å². The van der Waals surface area contributed by atoms with Gasteiger partial charge >= 0.3 is 0 Å². The fourth-order valence-electron chi connectivity index (χ4n) is 2.47. The Kier molecular flexibility index (Phi) is 4.93. The van der Waals surface area contributed by atoms with Crippen LogP contribution in [0.1, 0.15) is 30.8 Å². The van der Waals surface area contributed by atoms with E-state index in [1.807, 2.05) is 44.2 Å². The molecule has 1 aromatic heterocycles. The van der Waals surface area contributed by atoms with E-state index in [4.69, 9.17) is 0 Å². The third-order valence-electron chi connectivity index (χ3n) is 4.07.